The van der Waals surface area contributed by atoms with Crippen LogP contribution in [0.2, 0.25) is 0 Å². The number of likely N-dealkylation sites (tertiary alicyclic amines) is 1. The molecule has 1 rings (SSSR count). The zero-order valence-corrected chi connectivity index (χ0v) is 38.0. The van der Waals surface area contributed by atoms with Gasteiger partial charge in [-0.1, -0.05) is 169 Å². The van der Waals surface area contributed by atoms with Gasteiger partial charge in [0.25, 0.3) is 0 Å². The van der Waals surface area contributed by atoms with Crippen LogP contribution in [0.15, 0.2) is 0 Å². The highest BCUT2D eigenvalue weighted by Gasteiger charge is 2.24. The van der Waals surface area contributed by atoms with Crippen LogP contribution in [0.1, 0.15) is 233 Å². The van der Waals surface area contributed by atoms with Gasteiger partial charge in [-0.3, -0.25) is 14.5 Å². The minimum Gasteiger partial charge on any atom is -0.465 e. The van der Waals surface area contributed by atoms with Gasteiger partial charge in [-0.25, -0.2) is 0 Å². The van der Waals surface area contributed by atoms with Crippen molar-refractivity contribution in [2.45, 2.75) is 239 Å². The van der Waals surface area contributed by atoms with E-state index < -0.39 is 0 Å². The van der Waals surface area contributed by atoms with Gasteiger partial charge in [0.2, 0.25) is 0 Å². The molecular formula is C49H96N2O5. The van der Waals surface area contributed by atoms with E-state index in [2.05, 4.69) is 37.5 Å². The number of carbonyl (C=O) groups is 2. The maximum Gasteiger partial charge on any atom is 0.305 e. The first-order valence-corrected chi connectivity index (χ1v) is 24.9. The Morgan fingerprint density at radius 1 is 0.500 bits per heavy atom. The second kappa shape index (κ2) is 39.3. The molecule has 0 aromatic rings. The van der Waals surface area contributed by atoms with Crippen LogP contribution in [-0.2, 0) is 19.1 Å². The van der Waals surface area contributed by atoms with Crippen LogP contribution >= 0.6 is 0 Å². The van der Waals surface area contributed by atoms with Crippen molar-refractivity contribution in [3.63, 3.8) is 0 Å². The monoisotopic (exact) mass is 793 g/mol. The Labute approximate surface area is 348 Å². The highest BCUT2D eigenvalue weighted by Crippen LogP contribution is 2.22. The zero-order chi connectivity index (χ0) is 40.7. The molecule has 0 saturated carbocycles. The van der Waals surface area contributed by atoms with Gasteiger partial charge in [0, 0.05) is 39.0 Å². The van der Waals surface area contributed by atoms with Crippen LogP contribution in [0.4, 0.5) is 0 Å². The van der Waals surface area contributed by atoms with E-state index in [9.17, 15) is 14.7 Å². The fourth-order valence-electron chi connectivity index (χ4n) is 8.24. The van der Waals surface area contributed by atoms with Crippen molar-refractivity contribution in [3.8, 4) is 0 Å². The average molecular weight is 793 g/mol. The van der Waals surface area contributed by atoms with E-state index in [0.717, 1.165) is 77.8 Å². The number of hydrogen-bond acceptors (Lipinski definition) is 7. The summed E-state index contributed by atoms with van der Waals surface area (Å²) in [6.07, 6.45) is 37.7. The number of aliphatic hydroxyl groups is 1. The Hall–Kier alpha value is -1.18. The molecule has 0 bridgehead atoms. The average Bonchev–Trinajstić information content (AvgIpc) is 3.18. The summed E-state index contributed by atoms with van der Waals surface area (Å²) in [5.74, 6) is 1.01. The molecule has 1 N–H and O–H groups in total. The topological polar surface area (TPSA) is 79.3 Å². The Kier molecular flexibility index (Phi) is 37.1. The molecule has 2 unspecified atom stereocenters. The van der Waals surface area contributed by atoms with Crippen LogP contribution in [0.25, 0.3) is 0 Å². The molecule has 0 spiro atoms. The van der Waals surface area contributed by atoms with Crippen LogP contribution in [0.5, 0.6) is 0 Å². The fraction of sp³-hybridized carbons (Fsp3) is 0.959. The summed E-state index contributed by atoms with van der Waals surface area (Å²) in [6.45, 7) is 15.9. The van der Waals surface area contributed by atoms with Crippen molar-refractivity contribution in [2.24, 2.45) is 11.8 Å². The smallest absolute Gasteiger partial charge is 0.305 e. The van der Waals surface area contributed by atoms with Crippen LogP contribution in [0.3, 0.4) is 0 Å². The molecule has 0 aromatic heterocycles. The van der Waals surface area contributed by atoms with E-state index in [-0.39, 0.29) is 18.0 Å². The maximum atomic E-state index is 12.7. The van der Waals surface area contributed by atoms with Crippen molar-refractivity contribution in [1.82, 2.24) is 9.80 Å². The molecule has 1 aliphatic rings. The largest absolute Gasteiger partial charge is 0.465 e. The number of ether oxygens (including phenoxy) is 2. The predicted octanol–water partition coefficient (Wildman–Crippen LogP) is 12.8. The van der Waals surface area contributed by atoms with E-state index in [1.165, 1.54) is 154 Å². The van der Waals surface area contributed by atoms with Crippen LogP contribution < -0.4 is 0 Å². The third-order valence-corrected chi connectivity index (χ3v) is 12.2. The number of unbranched alkanes of at least 4 members (excludes halogenated alkanes) is 20. The molecule has 7 heteroatoms. The number of β-amino-alcohol motifs (C(OH)–C–C–N with tert-alkyl or cyclic N) is 1. The summed E-state index contributed by atoms with van der Waals surface area (Å²) in [5.41, 5.74) is 0. The lowest BCUT2D eigenvalue weighted by atomic mass is 9.95. The van der Waals surface area contributed by atoms with Crippen molar-refractivity contribution in [1.29, 1.82) is 0 Å². The molecule has 1 fully saturated rings. The summed E-state index contributed by atoms with van der Waals surface area (Å²) in [5, 5.41) is 9.74. The van der Waals surface area contributed by atoms with E-state index in [4.69, 9.17) is 9.47 Å². The molecule has 0 radical (unpaired) electrons. The Balaban J connectivity index is 2.35. The molecule has 0 aromatic carbocycles. The van der Waals surface area contributed by atoms with Gasteiger partial charge in [0.05, 0.1) is 19.3 Å². The van der Waals surface area contributed by atoms with Gasteiger partial charge in [0.1, 0.15) is 0 Å². The number of hydrogen-bond donors (Lipinski definition) is 1. The molecular weight excluding hydrogens is 697 g/mol. The lowest BCUT2D eigenvalue weighted by Gasteiger charge is -2.37. The number of carbonyl (C=O) groups excluding carboxylic acids is 2. The summed E-state index contributed by atoms with van der Waals surface area (Å²) >= 11 is 0. The Morgan fingerprint density at radius 3 is 1.21 bits per heavy atom. The molecule has 1 aliphatic heterocycles. The summed E-state index contributed by atoms with van der Waals surface area (Å²) in [4.78, 5) is 30.3. The zero-order valence-electron chi connectivity index (χ0n) is 38.0. The minimum absolute atomic E-state index is 0.0153. The maximum absolute atomic E-state index is 12.7. The molecule has 1 heterocycles. The molecule has 1 saturated heterocycles. The third-order valence-electron chi connectivity index (χ3n) is 12.2. The first-order chi connectivity index (χ1) is 27.4. The second-order valence-electron chi connectivity index (χ2n) is 17.8. The quantitative estimate of drug-likeness (QED) is 0.0486. The van der Waals surface area contributed by atoms with E-state index in [1.807, 2.05) is 0 Å². The Morgan fingerprint density at radius 2 is 0.839 bits per heavy atom. The van der Waals surface area contributed by atoms with Gasteiger partial charge in [0.15, 0.2) is 0 Å². The van der Waals surface area contributed by atoms with Crippen molar-refractivity contribution in [3.05, 3.63) is 0 Å². The van der Waals surface area contributed by atoms with E-state index >= 15 is 0 Å². The van der Waals surface area contributed by atoms with Crippen molar-refractivity contribution >= 4 is 11.9 Å². The normalized spacial score (nSPS) is 14.6. The van der Waals surface area contributed by atoms with E-state index in [0.29, 0.717) is 37.9 Å². The summed E-state index contributed by atoms with van der Waals surface area (Å²) in [6, 6.07) is 0. The second-order valence-corrected chi connectivity index (χ2v) is 17.8. The first-order valence-electron chi connectivity index (χ1n) is 24.9. The lowest BCUT2D eigenvalue weighted by Crippen LogP contribution is -2.52. The molecule has 0 amide bonds. The van der Waals surface area contributed by atoms with Gasteiger partial charge >= 0.3 is 11.9 Å². The lowest BCUT2D eigenvalue weighted by molar-refractivity contribution is -0.146. The van der Waals surface area contributed by atoms with Crippen LogP contribution in [0, 0.1) is 11.8 Å². The third kappa shape index (κ3) is 32.7. The molecule has 7 nitrogen and oxygen atoms in total. The number of nitrogens with zero attached hydrogens (tertiary/aromatic N) is 2. The molecule has 2 atom stereocenters. The minimum atomic E-state index is -0.165. The first kappa shape index (κ1) is 52.8. The molecule has 0 aliphatic carbocycles. The van der Waals surface area contributed by atoms with Gasteiger partial charge in [-0.15, -0.1) is 0 Å². The standard InChI is InChI=1S/C49H96N2O5/c1-5-9-13-17-19-25-33-45(31-23-15-11-7-3)43-55-48(53)35-27-21-29-37-50(39-40-51-41-47(52)42-51)38-30-22-28-36-49(54)56-44-46(32-24-16-12-8-4)34-26-20-18-14-10-6-2/h45-47,52H,5-44H2,1-4H3. The summed E-state index contributed by atoms with van der Waals surface area (Å²) < 4.78 is 11.7. The SMILES string of the molecule is CCCCCCCCC(CCCCCC)COC(=O)CCCCCN(CCCCCC(=O)OCC(CCCCCC)CCCCCCCC)CCN1CC(O)C1. The predicted molar refractivity (Wildman–Crippen MR) is 238 cm³/mol. The van der Waals surface area contributed by atoms with Gasteiger partial charge in [-0.05, 0) is 76.3 Å². The van der Waals surface area contributed by atoms with Crippen molar-refractivity contribution < 1.29 is 24.2 Å². The highest BCUT2D eigenvalue weighted by molar-refractivity contribution is 5.69. The summed E-state index contributed by atoms with van der Waals surface area (Å²) in [7, 11) is 0. The molecule has 56 heavy (non-hydrogen) atoms. The van der Waals surface area contributed by atoms with Crippen molar-refractivity contribution in [2.75, 3.05) is 52.5 Å². The number of rotatable bonds is 43. The van der Waals surface area contributed by atoms with Gasteiger partial charge in [-0.2, -0.15) is 0 Å². The highest BCUT2D eigenvalue weighted by atomic mass is 16.5. The van der Waals surface area contributed by atoms with Gasteiger partial charge < -0.3 is 19.5 Å². The number of esters is 2. The number of aliphatic hydroxyl groups excluding tert-OH is 1. The van der Waals surface area contributed by atoms with Crippen LogP contribution in [-0.4, -0.2) is 85.4 Å². The Bertz CT molecular complexity index is 807. The molecule has 332 valence electrons. The van der Waals surface area contributed by atoms with E-state index in [1.54, 1.807) is 0 Å². The fourth-order valence-corrected chi connectivity index (χ4v) is 8.24.